The van der Waals surface area contributed by atoms with Crippen LogP contribution in [0.1, 0.15) is 5.56 Å². The number of aromatic nitrogens is 2. The molecule has 0 saturated heterocycles. The molecule has 0 fully saturated rings. The Labute approximate surface area is 125 Å². The lowest BCUT2D eigenvalue weighted by Crippen LogP contribution is -1.93. The van der Waals surface area contributed by atoms with Crippen molar-refractivity contribution in [3.05, 3.63) is 56.8 Å². The van der Waals surface area contributed by atoms with Crippen molar-refractivity contribution in [3.63, 3.8) is 0 Å². The van der Waals surface area contributed by atoms with Crippen molar-refractivity contribution < 1.29 is 0 Å². The van der Waals surface area contributed by atoms with Crippen molar-refractivity contribution in [2.24, 2.45) is 0 Å². The fourth-order valence-corrected chi connectivity index (χ4v) is 2.75. The van der Waals surface area contributed by atoms with Crippen LogP contribution in [-0.4, -0.2) is 9.55 Å². The number of aromatic amines is 1. The highest BCUT2D eigenvalue weighted by Crippen LogP contribution is 2.27. The molecule has 0 aliphatic rings. The highest BCUT2D eigenvalue weighted by atomic mass is 35.5. The summed E-state index contributed by atoms with van der Waals surface area (Å²) in [5.74, 6) is 0. The van der Waals surface area contributed by atoms with E-state index in [1.165, 1.54) is 0 Å². The Morgan fingerprint density at radius 1 is 1.11 bits per heavy atom. The topological polar surface area (TPSA) is 20.7 Å². The Morgan fingerprint density at radius 2 is 1.89 bits per heavy atom. The van der Waals surface area contributed by atoms with Crippen LogP contribution in [0.25, 0.3) is 16.7 Å². The number of nitrogens with one attached hydrogen (secondary N) is 1. The van der Waals surface area contributed by atoms with Gasteiger partial charge in [0.15, 0.2) is 4.77 Å². The molecule has 0 spiro atoms. The summed E-state index contributed by atoms with van der Waals surface area (Å²) in [6.45, 7) is 2.05. The van der Waals surface area contributed by atoms with Crippen LogP contribution in [0.15, 0.2) is 36.4 Å². The van der Waals surface area contributed by atoms with E-state index < -0.39 is 0 Å². The van der Waals surface area contributed by atoms with E-state index in [0.717, 1.165) is 22.3 Å². The van der Waals surface area contributed by atoms with Crippen LogP contribution >= 0.6 is 35.4 Å². The van der Waals surface area contributed by atoms with Crippen LogP contribution in [-0.2, 0) is 0 Å². The fourth-order valence-electron chi connectivity index (χ4n) is 2.15. The van der Waals surface area contributed by atoms with Crippen LogP contribution in [0.2, 0.25) is 10.0 Å². The Bertz CT molecular complexity index is 833. The molecule has 3 aromatic rings. The summed E-state index contributed by atoms with van der Waals surface area (Å²) in [6.07, 6.45) is 0. The zero-order valence-corrected chi connectivity index (χ0v) is 12.4. The second-order valence-electron chi connectivity index (χ2n) is 4.33. The first-order valence-electron chi connectivity index (χ1n) is 5.73. The van der Waals surface area contributed by atoms with Gasteiger partial charge in [0.25, 0.3) is 0 Å². The lowest BCUT2D eigenvalue weighted by Gasteiger charge is -2.06. The van der Waals surface area contributed by atoms with E-state index in [2.05, 4.69) is 4.98 Å². The number of benzene rings is 2. The van der Waals surface area contributed by atoms with Crippen LogP contribution in [0.3, 0.4) is 0 Å². The van der Waals surface area contributed by atoms with Gasteiger partial charge in [0.1, 0.15) is 0 Å². The number of fused-ring (bicyclic) bond motifs is 1. The molecule has 2 aromatic carbocycles. The second kappa shape index (κ2) is 4.67. The molecule has 0 bridgehead atoms. The number of nitrogens with zero attached hydrogens (tertiary/aromatic N) is 1. The number of imidazole rings is 1. The quantitative estimate of drug-likeness (QED) is 0.605. The summed E-state index contributed by atoms with van der Waals surface area (Å²) in [5, 5.41) is 1.05. The standard InChI is InChI=1S/C14H10Cl2N2S/c1-8-3-2-4-12-13(8)17-14(19)18(12)9-5-6-10(15)11(16)7-9/h2-7H,1H3,(H,17,19). The minimum absolute atomic E-state index is 0.517. The first-order valence-corrected chi connectivity index (χ1v) is 6.90. The molecular weight excluding hydrogens is 299 g/mol. The van der Waals surface area contributed by atoms with Gasteiger partial charge < -0.3 is 4.98 Å². The second-order valence-corrected chi connectivity index (χ2v) is 5.53. The molecule has 0 saturated carbocycles. The summed E-state index contributed by atoms with van der Waals surface area (Å²) in [4.78, 5) is 3.23. The molecule has 1 aromatic heterocycles. The van der Waals surface area contributed by atoms with Crippen LogP contribution in [0.4, 0.5) is 0 Å². The Morgan fingerprint density at radius 3 is 2.63 bits per heavy atom. The summed E-state index contributed by atoms with van der Waals surface area (Å²) >= 11 is 17.4. The predicted molar refractivity (Wildman–Crippen MR) is 83.2 cm³/mol. The molecule has 0 aliphatic heterocycles. The molecule has 3 rings (SSSR count). The minimum Gasteiger partial charge on any atom is -0.330 e. The Kier molecular flexibility index (Phi) is 3.13. The molecule has 96 valence electrons. The molecule has 2 nitrogen and oxygen atoms in total. The van der Waals surface area contributed by atoms with E-state index in [1.54, 1.807) is 6.07 Å². The Hall–Kier alpha value is -1.29. The number of rotatable bonds is 1. The van der Waals surface area contributed by atoms with E-state index in [-0.39, 0.29) is 0 Å². The normalized spacial score (nSPS) is 11.1. The number of H-pyrrole nitrogens is 1. The smallest absolute Gasteiger partial charge is 0.182 e. The third kappa shape index (κ3) is 2.08. The number of hydrogen-bond acceptors (Lipinski definition) is 1. The average Bonchev–Trinajstić information content (AvgIpc) is 2.71. The van der Waals surface area contributed by atoms with Crippen molar-refractivity contribution in [2.75, 3.05) is 0 Å². The van der Waals surface area contributed by atoms with Gasteiger partial charge in [-0.25, -0.2) is 0 Å². The predicted octanol–water partition coefficient (Wildman–Crippen LogP) is 5.30. The molecule has 0 unspecified atom stereocenters. The van der Waals surface area contributed by atoms with Crippen molar-refractivity contribution >= 4 is 46.5 Å². The van der Waals surface area contributed by atoms with E-state index >= 15 is 0 Å². The number of para-hydroxylation sites is 1. The summed E-state index contributed by atoms with van der Waals surface area (Å²) < 4.78 is 2.60. The maximum atomic E-state index is 6.08. The van der Waals surface area contributed by atoms with Gasteiger partial charge in [-0.2, -0.15) is 0 Å². The van der Waals surface area contributed by atoms with E-state index in [9.17, 15) is 0 Å². The van der Waals surface area contributed by atoms with Gasteiger partial charge in [0, 0.05) is 0 Å². The molecule has 0 radical (unpaired) electrons. The molecular formula is C14H10Cl2N2S. The van der Waals surface area contributed by atoms with Crippen molar-refractivity contribution in [1.29, 1.82) is 0 Å². The third-order valence-electron chi connectivity index (χ3n) is 3.09. The van der Waals surface area contributed by atoms with Crippen molar-refractivity contribution in [3.8, 4) is 5.69 Å². The van der Waals surface area contributed by atoms with Gasteiger partial charge in [-0.3, -0.25) is 4.57 Å². The summed E-state index contributed by atoms with van der Waals surface area (Å²) in [7, 11) is 0. The highest BCUT2D eigenvalue weighted by molar-refractivity contribution is 7.71. The van der Waals surface area contributed by atoms with Gasteiger partial charge in [0.05, 0.1) is 26.8 Å². The van der Waals surface area contributed by atoms with Crippen LogP contribution in [0, 0.1) is 11.7 Å². The monoisotopic (exact) mass is 308 g/mol. The zero-order chi connectivity index (χ0) is 13.6. The summed E-state index contributed by atoms with van der Waals surface area (Å²) in [5.41, 5.74) is 4.13. The third-order valence-corrected chi connectivity index (χ3v) is 4.11. The molecule has 0 amide bonds. The van der Waals surface area contributed by atoms with Gasteiger partial charge in [-0.15, -0.1) is 0 Å². The van der Waals surface area contributed by atoms with Crippen molar-refractivity contribution in [2.45, 2.75) is 6.92 Å². The highest BCUT2D eigenvalue weighted by Gasteiger charge is 2.09. The molecule has 1 heterocycles. The maximum Gasteiger partial charge on any atom is 0.182 e. The average molecular weight is 309 g/mol. The van der Waals surface area contributed by atoms with Gasteiger partial charge in [-0.05, 0) is 49.0 Å². The number of hydrogen-bond donors (Lipinski definition) is 1. The van der Waals surface area contributed by atoms with Crippen molar-refractivity contribution in [1.82, 2.24) is 9.55 Å². The SMILES string of the molecule is Cc1cccc2c1[nH]c(=S)n2-c1ccc(Cl)c(Cl)c1. The lowest BCUT2D eigenvalue weighted by atomic mass is 10.2. The minimum atomic E-state index is 0.517. The molecule has 0 atom stereocenters. The molecule has 19 heavy (non-hydrogen) atoms. The van der Waals surface area contributed by atoms with Gasteiger partial charge >= 0.3 is 0 Å². The van der Waals surface area contributed by atoms with E-state index in [1.807, 2.05) is 41.8 Å². The molecule has 1 N–H and O–H groups in total. The lowest BCUT2D eigenvalue weighted by molar-refractivity contribution is 1.06. The molecule has 5 heteroatoms. The number of aryl methyl sites for hydroxylation is 1. The Balaban J connectivity index is 2.36. The fraction of sp³-hybridized carbons (Fsp3) is 0.0714. The van der Waals surface area contributed by atoms with Crippen LogP contribution in [0.5, 0.6) is 0 Å². The van der Waals surface area contributed by atoms with Gasteiger partial charge in [0.2, 0.25) is 0 Å². The number of halogens is 2. The first-order chi connectivity index (χ1) is 9.08. The van der Waals surface area contributed by atoms with E-state index in [0.29, 0.717) is 14.8 Å². The molecule has 0 aliphatic carbocycles. The summed E-state index contributed by atoms with van der Waals surface area (Å²) in [6, 6.07) is 11.6. The maximum absolute atomic E-state index is 6.08. The largest absolute Gasteiger partial charge is 0.330 e. The zero-order valence-electron chi connectivity index (χ0n) is 10.1. The van der Waals surface area contributed by atoms with Crippen LogP contribution < -0.4 is 0 Å². The first kappa shape index (κ1) is 12.7. The van der Waals surface area contributed by atoms with Gasteiger partial charge in [-0.1, -0.05) is 35.3 Å². The van der Waals surface area contributed by atoms with E-state index in [4.69, 9.17) is 35.4 Å².